The molecule has 0 fully saturated rings. The monoisotopic (exact) mass is 289 g/mol. The summed E-state index contributed by atoms with van der Waals surface area (Å²) in [6, 6.07) is 5.43. The Morgan fingerprint density at radius 3 is 2.62 bits per heavy atom. The predicted octanol–water partition coefficient (Wildman–Crippen LogP) is 2.18. The summed E-state index contributed by atoms with van der Waals surface area (Å²) >= 11 is 0. The minimum absolute atomic E-state index is 0.0585. The highest BCUT2D eigenvalue weighted by atomic mass is 16.6. The molecule has 0 saturated heterocycles. The molecule has 3 N–H and O–H groups in total. The maximum Gasteiger partial charge on any atom is 0.339 e. The van der Waals surface area contributed by atoms with Gasteiger partial charge in [0.25, 0.3) is 11.6 Å². The van der Waals surface area contributed by atoms with E-state index in [1.807, 2.05) is 0 Å². The Kier molecular flexibility index (Phi) is 3.70. The van der Waals surface area contributed by atoms with Gasteiger partial charge in [0, 0.05) is 18.0 Å². The van der Waals surface area contributed by atoms with Crippen molar-refractivity contribution in [3.05, 3.63) is 57.4 Å². The van der Waals surface area contributed by atoms with Gasteiger partial charge in [0.15, 0.2) is 0 Å². The number of para-hydroxylation sites is 1. The normalized spacial score (nSPS) is 10.1. The summed E-state index contributed by atoms with van der Waals surface area (Å²) in [5.74, 6) is -1.95. The number of anilines is 1. The maximum absolute atomic E-state index is 12.1. The van der Waals surface area contributed by atoms with Crippen LogP contribution in [0, 0.1) is 17.0 Å². The molecule has 1 aromatic carbocycles. The van der Waals surface area contributed by atoms with Crippen LogP contribution in [0.15, 0.2) is 30.5 Å². The zero-order valence-electron chi connectivity index (χ0n) is 10.9. The van der Waals surface area contributed by atoms with Crippen LogP contribution in [-0.2, 0) is 0 Å². The smallest absolute Gasteiger partial charge is 0.339 e. The molecular formula is C13H11N3O5. The standard InChI is InChI=1S/C13H11N3O5/c1-7-11(13(18)19)9(6-14-7)15-12(17)8-4-2-3-5-10(8)16(20)21/h2-6,14H,1H3,(H,15,17)(H,18,19). The molecule has 0 atom stereocenters. The van der Waals surface area contributed by atoms with Crippen LogP contribution in [0.2, 0.25) is 0 Å². The molecule has 1 amide bonds. The van der Waals surface area contributed by atoms with E-state index in [-0.39, 0.29) is 22.5 Å². The molecule has 8 nitrogen and oxygen atoms in total. The number of aromatic carboxylic acids is 1. The number of aryl methyl sites for hydroxylation is 1. The fourth-order valence-electron chi connectivity index (χ4n) is 1.92. The number of hydrogen-bond acceptors (Lipinski definition) is 4. The molecule has 1 heterocycles. The molecule has 108 valence electrons. The van der Waals surface area contributed by atoms with E-state index >= 15 is 0 Å². The van der Waals surface area contributed by atoms with E-state index < -0.39 is 16.8 Å². The van der Waals surface area contributed by atoms with Crippen LogP contribution in [0.4, 0.5) is 11.4 Å². The van der Waals surface area contributed by atoms with Crippen molar-refractivity contribution in [2.45, 2.75) is 6.92 Å². The SMILES string of the molecule is Cc1[nH]cc(NC(=O)c2ccccc2[N+](=O)[O-])c1C(=O)O. The van der Waals surface area contributed by atoms with Crippen molar-refractivity contribution in [2.24, 2.45) is 0 Å². The highest BCUT2D eigenvalue weighted by molar-refractivity contribution is 6.10. The molecule has 0 radical (unpaired) electrons. The number of benzene rings is 1. The van der Waals surface area contributed by atoms with Gasteiger partial charge in [-0.2, -0.15) is 0 Å². The fourth-order valence-corrected chi connectivity index (χ4v) is 1.92. The Bertz CT molecular complexity index is 735. The third-order valence-corrected chi connectivity index (χ3v) is 2.88. The van der Waals surface area contributed by atoms with Crippen LogP contribution in [0.25, 0.3) is 0 Å². The quantitative estimate of drug-likeness (QED) is 0.587. The van der Waals surface area contributed by atoms with E-state index in [1.165, 1.54) is 30.5 Å². The summed E-state index contributed by atoms with van der Waals surface area (Å²) in [7, 11) is 0. The summed E-state index contributed by atoms with van der Waals surface area (Å²) in [5, 5.41) is 22.3. The molecule has 0 aliphatic heterocycles. The van der Waals surface area contributed by atoms with Crippen molar-refractivity contribution >= 4 is 23.3 Å². The van der Waals surface area contributed by atoms with Crippen molar-refractivity contribution in [2.75, 3.05) is 5.32 Å². The number of carbonyl (C=O) groups is 2. The van der Waals surface area contributed by atoms with E-state index in [9.17, 15) is 19.7 Å². The van der Waals surface area contributed by atoms with E-state index in [0.29, 0.717) is 5.69 Å². The van der Waals surface area contributed by atoms with E-state index in [2.05, 4.69) is 10.3 Å². The lowest BCUT2D eigenvalue weighted by atomic mass is 10.1. The van der Waals surface area contributed by atoms with Gasteiger partial charge in [0.05, 0.1) is 10.6 Å². The highest BCUT2D eigenvalue weighted by Crippen LogP contribution is 2.23. The van der Waals surface area contributed by atoms with Crippen molar-refractivity contribution in [3.63, 3.8) is 0 Å². The van der Waals surface area contributed by atoms with Crippen LogP contribution in [0.1, 0.15) is 26.4 Å². The van der Waals surface area contributed by atoms with Gasteiger partial charge in [-0.3, -0.25) is 14.9 Å². The summed E-state index contributed by atoms with van der Waals surface area (Å²) in [4.78, 5) is 36.1. The Balaban J connectivity index is 2.36. The van der Waals surface area contributed by atoms with Crippen molar-refractivity contribution in [1.29, 1.82) is 0 Å². The number of carboxylic acid groups (broad SMARTS) is 1. The molecule has 0 spiro atoms. The number of nitro groups is 1. The first-order valence-electron chi connectivity index (χ1n) is 5.88. The van der Waals surface area contributed by atoms with Crippen LogP contribution in [0.3, 0.4) is 0 Å². The highest BCUT2D eigenvalue weighted by Gasteiger charge is 2.22. The number of amides is 1. The van der Waals surface area contributed by atoms with Gasteiger partial charge in [-0.25, -0.2) is 4.79 Å². The Morgan fingerprint density at radius 1 is 1.33 bits per heavy atom. The molecule has 0 saturated carbocycles. The van der Waals surface area contributed by atoms with Gasteiger partial charge in [-0.05, 0) is 13.0 Å². The predicted molar refractivity (Wildman–Crippen MR) is 73.5 cm³/mol. The third-order valence-electron chi connectivity index (χ3n) is 2.88. The van der Waals surface area contributed by atoms with Crippen LogP contribution in [-0.4, -0.2) is 26.9 Å². The summed E-state index contributed by atoms with van der Waals surface area (Å²) in [5.41, 5.74) is -0.137. The minimum atomic E-state index is -1.20. The molecule has 0 bridgehead atoms. The van der Waals surface area contributed by atoms with Gasteiger partial charge in [0.1, 0.15) is 11.1 Å². The molecule has 0 unspecified atom stereocenters. The number of nitro benzene ring substituents is 1. The molecular weight excluding hydrogens is 278 g/mol. The topological polar surface area (TPSA) is 125 Å². The average molecular weight is 289 g/mol. The first-order chi connectivity index (χ1) is 9.91. The summed E-state index contributed by atoms with van der Waals surface area (Å²) in [6.45, 7) is 1.55. The largest absolute Gasteiger partial charge is 0.478 e. The minimum Gasteiger partial charge on any atom is -0.478 e. The number of aromatic amines is 1. The van der Waals surface area contributed by atoms with Gasteiger partial charge in [0.2, 0.25) is 0 Å². The van der Waals surface area contributed by atoms with Crippen LogP contribution >= 0.6 is 0 Å². The summed E-state index contributed by atoms with van der Waals surface area (Å²) < 4.78 is 0. The second-order valence-electron chi connectivity index (χ2n) is 4.24. The third kappa shape index (κ3) is 2.73. The number of carbonyl (C=O) groups excluding carboxylic acids is 1. The maximum atomic E-state index is 12.1. The Morgan fingerprint density at radius 2 is 2.00 bits per heavy atom. The van der Waals surface area contributed by atoms with E-state index in [0.717, 1.165) is 0 Å². The zero-order chi connectivity index (χ0) is 15.6. The molecule has 0 aliphatic carbocycles. The number of H-pyrrole nitrogens is 1. The van der Waals surface area contributed by atoms with Gasteiger partial charge in [-0.1, -0.05) is 12.1 Å². The first-order valence-corrected chi connectivity index (χ1v) is 5.88. The van der Waals surface area contributed by atoms with E-state index in [1.54, 1.807) is 6.92 Å². The molecule has 1 aromatic heterocycles. The zero-order valence-corrected chi connectivity index (χ0v) is 10.9. The molecule has 2 rings (SSSR count). The number of rotatable bonds is 4. The van der Waals surface area contributed by atoms with E-state index in [4.69, 9.17) is 5.11 Å². The first kappa shape index (κ1) is 14.3. The molecule has 2 aromatic rings. The number of nitrogens with zero attached hydrogens (tertiary/aromatic N) is 1. The van der Waals surface area contributed by atoms with Gasteiger partial charge < -0.3 is 15.4 Å². The van der Waals surface area contributed by atoms with Crippen LogP contribution < -0.4 is 5.32 Å². The number of aromatic nitrogens is 1. The lowest BCUT2D eigenvalue weighted by Crippen LogP contribution is -2.15. The van der Waals surface area contributed by atoms with Crippen molar-refractivity contribution < 1.29 is 19.6 Å². The average Bonchev–Trinajstić information content (AvgIpc) is 2.79. The van der Waals surface area contributed by atoms with Crippen LogP contribution in [0.5, 0.6) is 0 Å². The second kappa shape index (κ2) is 5.45. The lowest BCUT2D eigenvalue weighted by molar-refractivity contribution is -0.385. The van der Waals surface area contributed by atoms with Gasteiger partial charge >= 0.3 is 5.97 Å². The molecule has 0 aliphatic rings. The Hall–Kier alpha value is -3.16. The number of nitrogens with one attached hydrogen (secondary N) is 2. The molecule has 21 heavy (non-hydrogen) atoms. The Labute approximate surface area is 118 Å². The number of carboxylic acids is 1. The fraction of sp³-hybridized carbons (Fsp3) is 0.0769. The lowest BCUT2D eigenvalue weighted by Gasteiger charge is -2.05. The number of hydrogen-bond donors (Lipinski definition) is 3. The molecule has 8 heteroatoms. The van der Waals surface area contributed by atoms with Crippen molar-refractivity contribution in [1.82, 2.24) is 4.98 Å². The second-order valence-corrected chi connectivity index (χ2v) is 4.24. The summed E-state index contributed by atoms with van der Waals surface area (Å²) in [6.07, 6.45) is 1.32. The van der Waals surface area contributed by atoms with Crippen molar-refractivity contribution in [3.8, 4) is 0 Å². The van der Waals surface area contributed by atoms with Gasteiger partial charge in [-0.15, -0.1) is 0 Å².